The molecule has 2 heterocycles. The zero-order valence-corrected chi connectivity index (χ0v) is 25.2. The summed E-state index contributed by atoms with van der Waals surface area (Å²) in [6.45, 7) is 6.65. The molecule has 0 aliphatic rings. The maximum absolute atomic E-state index is 12.7. The average molecular weight is 621 g/mol. The number of thiazole rings is 1. The normalized spacial score (nSPS) is 12.7. The highest BCUT2D eigenvalue weighted by atomic mass is 32.1. The third-order valence-corrected chi connectivity index (χ3v) is 7.86. The van der Waals surface area contributed by atoms with Crippen LogP contribution in [0.2, 0.25) is 0 Å². The number of benzene rings is 3. The van der Waals surface area contributed by atoms with Gasteiger partial charge in [-0.05, 0) is 67.1 Å². The maximum Gasteiger partial charge on any atom is 0.573 e. The van der Waals surface area contributed by atoms with E-state index in [2.05, 4.69) is 45.0 Å². The number of ether oxygens (including phenoxy) is 1. The summed E-state index contributed by atoms with van der Waals surface area (Å²) in [6.07, 6.45) is -1.62. The zero-order valence-electron chi connectivity index (χ0n) is 24.4. The minimum Gasteiger partial charge on any atom is -0.406 e. The monoisotopic (exact) mass is 620 g/mol. The van der Waals surface area contributed by atoms with E-state index in [9.17, 15) is 18.0 Å². The molecule has 0 saturated carbocycles. The largest absolute Gasteiger partial charge is 0.573 e. The van der Waals surface area contributed by atoms with Crippen LogP contribution in [0.3, 0.4) is 0 Å². The van der Waals surface area contributed by atoms with Gasteiger partial charge in [-0.3, -0.25) is 4.57 Å². The van der Waals surface area contributed by atoms with Crippen LogP contribution in [-0.4, -0.2) is 38.3 Å². The van der Waals surface area contributed by atoms with Crippen molar-refractivity contribution in [3.63, 3.8) is 0 Å². The molecule has 1 N–H and O–H groups in total. The lowest BCUT2D eigenvalue weighted by atomic mass is 10.00. The minimum absolute atomic E-state index is 0.166. The topological polar surface area (TPSA) is 86.3 Å². The first-order valence-electron chi connectivity index (χ1n) is 14.0. The van der Waals surface area contributed by atoms with Crippen LogP contribution in [0.1, 0.15) is 30.7 Å². The number of aromatic nitrogens is 4. The molecule has 44 heavy (non-hydrogen) atoms. The molecule has 12 heteroatoms. The Balaban J connectivity index is 1.17. The Hall–Kier alpha value is -4.71. The lowest BCUT2D eigenvalue weighted by Gasteiger charge is -2.12. The van der Waals surface area contributed by atoms with Gasteiger partial charge in [-0.25, -0.2) is 14.5 Å². The van der Waals surface area contributed by atoms with Crippen molar-refractivity contribution in [3.05, 3.63) is 106 Å². The van der Waals surface area contributed by atoms with Crippen LogP contribution < -0.4 is 14.9 Å². The summed E-state index contributed by atoms with van der Waals surface area (Å²) >= 11 is 1.44. The van der Waals surface area contributed by atoms with E-state index in [1.165, 1.54) is 52.2 Å². The summed E-state index contributed by atoms with van der Waals surface area (Å²) in [6, 6.07) is 21.0. The Morgan fingerprint density at radius 1 is 1.07 bits per heavy atom. The number of rotatable bonds is 9. The van der Waals surface area contributed by atoms with Gasteiger partial charge in [-0.15, -0.1) is 29.6 Å². The number of para-hydroxylation sites is 1. The summed E-state index contributed by atoms with van der Waals surface area (Å²) in [4.78, 5) is 22.1. The summed E-state index contributed by atoms with van der Waals surface area (Å²) in [5, 5.41) is 9.39. The third kappa shape index (κ3) is 7.62. The van der Waals surface area contributed by atoms with Crippen molar-refractivity contribution in [3.8, 4) is 28.5 Å². The lowest BCUT2D eigenvalue weighted by molar-refractivity contribution is -0.274. The number of halogens is 3. The smallest absolute Gasteiger partial charge is 0.406 e. The molecule has 0 saturated heterocycles. The van der Waals surface area contributed by atoms with E-state index >= 15 is 0 Å². The van der Waals surface area contributed by atoms with Crippen molar-refractivity contribution >= 4 is 17.4 Å². The van der Waals surface area contributed by atoms with Crippen LogP contribution in [0.5, 0.6) is 5.75 Å². The number of hydrogen-bond acceptors (Lipinski definition) is 5. The van der Waals surface area contributed by atoms with E-state index in [0.717, 1.165) is 35.3 Å². The van der Waals surface area contributed by atoms with Gasteiger partial charge in [-0.1, -0.05) is 56.3 Å². The van der Waals surface area contributed by atoms with Gasteiger partial charge < -0.3 is 10.1 Å². The average Bonchev–Trinajstić information content (AvgIpc) is 3.63. The highest BCUT2D eigenvalue weighted by Crippen LogP contribution is 2.24. The molecular formula is C32H31F3N6O2S. The van der Waals surface area contributed by atoms with E-state index in [1.807, 2.05) is 59.3 Å². The minimum atomic E-state index is -4.75. The molecule has 0 radical (unpaired) electrons. The highest BCUT2D eigenvalue weighted by Gasteiger charge is 2.31. The molecule has 0 aliphatic carbocycles. The zero-order chi connectivity index (χ0) is 31.3. The summed E-state index contributed by atoms with van der Waals surface area (Å²) in [5.41, 5.74) is 5.69. The summed E-state index contributed by atoms with van der Waals surface area (Å²) in [5.74, 6) is 0.344. The quantitative estimate of drug-likeness (QED) is 0.192. The van der Waals surface area contributed by atoms with Crippen LogP contribution in [0.15, 0.2) is 89.5 Å². The number of urea groups is 1. The van der Waals surface area contributed by atoms with Crippen molar-refractivity contribution in [2.75, 3.05) is 6.54 Å². The summed E-state index contributed by atoms with van der Waals surface area (Å²) in [7, 11) is 0. The van der Waals surface area contributed by atoms with E-state index < -0.39 is 6.36 Å². The van der Waals surface area contributed by atoms with Gasteiger partial charge in [0.15, 0.2) is 10.6 Å². The molecule has 2 amide bonds. The molecule has 1 unspecified atom stereocenters. The Labute approximate surface area is 256 Å². The fraction of sp³-hybridized carbons (Fsp3) is 0.250. The summed E-state index contributed by atoms with van der Waals surface area (Å²) < 4.78 is 44.6. The predicted octanol–water partition coefficient (Wildman–Crippen LogP) is 7.05. The van der Waals surface area contributed by atoms with Crippen molar-refractivity contribution in [1.82, 2.24) is 24.6 Å². The Bertz CT molecular complexity index is 1790. The number of amides is 2. The van der Waals surface area contributed by atoms with Gasteiger partial charge in [0.05, 0.1) is 11.4 Å². The van der Waals surface area contributed by atoms with Crippen molar-refractivity contribution in [2.45, 2.75) is 40.0 Å². The molecule has 5 rings (SSSR count). The lowest BCUT2D eigenvalue weighted by Crippen LogP contribution is -2.29. The van der Waals surface area contributed by atoms with Gasteiger partial charge in [0.1, 0.15) is 12.1 Å². The number of alkyl halides is 3. The molecule has 0 spiro atoms. The van der Waals surface area contributed by atoms with Crippen molar-refractivity contribution in [1.29, 1.82) is 0 Å². The molecule has 8 nitrogen and oxygen atoms in total. The fourth-order valence-electron chi connectivity index (χ4n) is 4.76. The highest BCUT2D eigenvalue weighted by molar-refractivity contribution is 7.07. The second kappa shape index (κ2) is 13.3. The molecule has 0 bridgehead atoms. The standard InChI is InChI=1S/C32H31F3N6O2S/c1-4-24-7-5-6-8-28(24)41-22(3)19-44-31(41)38-30(42)36-18-21(2)17-23-9-11-25(12-10-23)29-37-20-40(39-29)26-13-15-27(16-14-26)43-32(33,34)35/h5-16,19-21H,4,17-18H2,1-3H3,(H,36,42). The van der Waals surface area contributed by atoms with Crippen LogP contribution in [0.4, 0.5) is 18.0 Å². The van der Waals surface area contributed by atoms with Crippen molar-refractivity contribution in [2.24, 2.45) is 10.9 Å². The van der Waals surface area contributed by atoms with Crippen molar-refractivity contribution < 1.29 is 22.7 Å². The number of aryl methyl sites for hydroxylation is 2. The van der Waals surface area contributed by atoms with Gasteiger partial charge in [-0.2, -0.15) is 4.99 Å². The first-order valence-corrected chi connectivity index (χ1v) is 14.9. The number of nitrogens with zero attached hydrogens (tertiary/aromatic N) is 5. The van der Waals surface area contributed by atoms with Gasteiger partial charge in [0.25, 0.3) is 0 Å². The number of carbonyl (C=O) groups is 1. The van der Waals surface area contributed by atoms with E-state index in [1.54, 1.807) is 0 Å². The van der Waals surface area contributed by atoms with E-state index in [-0.39, 0.29) is 17.7 Å². The third-order valence-electron chi connectivity index (χ3n) is 6.91. The first-order chi connectivity index (χ1) is 21.1. The van der Waals surface area contributed by atoms with E-state index in [0.29, 0.717) is 22.9 Å². The Kier molecular flexibility index (Phi) is 9.29. The Morgan fingerprint density at radius 2 is 1.80 bits per heavy atom. The fourth-order valence-corrected chi connectivity index (χ4v) is 5.63. The van der Waals surface area contributed by atoms with Crippen LogP contribution >= 0.6 is 11.3 Å². The van der Waals surface area contributed by atoms with Gasteiger partial charge in [0, 0.05) is 23.2 Å². The van der Waals surface area contributed by atoms with Crippen LogP contribution in [-0.2, 0) is 12.8 Å². The molecule has 0 fully saturated rings. The van der Waals surface area contributed by atoms with Crippen LogP contribution in [0, 0.1) is 12.8 Å². The molecule has 3 aromatic carbocycles. The van der Waals surface area contributed by atoms with Gasteiger partial charge >= 0.3 is 12.4 Å². The van der Waals surface area contributed by atoms with E-state index in [4.69, 9.17) is 0 Å². The van der Waals surface area contributed by atoms with Gasteiger partial charge in [0.2, 0.25) is 0 Å². The molecule has 2 aromatic heterocycles. The number of hydrogen-bond donors (Lipinski definition) is 1. The maximum atomic E-state index is 12.7. The number of nitrogens with one attached hydrogen (secondary N) is 1. The van der Waals surface area contributed by atoms with Crippen LogP contribution in [0.25, 0.3) is 22.8 Å². The number of carbonyl (C=O) groups excluding carboxylic acids is 1. The molecule has 228 valence electrons. The predicted molar refractivity (Wildman–Crippen MR) is 163 cm³/mol. The second-order valence-corrected chi connectivity index (χ2v) is 11.2. The molecule has 1 atom stereocenters. The second-order valence-electron chi connectivity index (χ2n) is 10.3. The molecule has 0 aliphatic heterocycles. The molecular weight excluding hydrogens is 589 g/mol. The molecule has 5 aromatic rings. The SMILES string of the molecule is CCc1ccccc1-n1c(C)csc1=NC(=O)NCC(C)Cc1ccc(-c2ncn(-c3ccc(OC(F)(F)F)cc3)n2)cc1. The first kappa shape index (κ1) is 30.7. The Morgan fingerprint density at radius 3 is 2.50 bits per heavy atom.